The van der Waals surface area contributed by atoms with Gasteiger partial charge in [0.2, 0.25) is 41.4 Å². The van der Waals surface area contributed by atoms with Crippen LogP contribution in [0.3, 0.4) is 0 Å². The first-order valence-corrected chi connectivity index (χ1v) is 30.1. The molecule has 7 amide bonds. The third kappa shape index (κ3) is 17.9. The molecule has 14 N–H and O–H groups in total. The van der Waals surface area contributed by atoms with Crippen molar-refractivity contribution in [3.05, 3.63) is 137 Å². The number of nitrogens with one attached hydrogen (secondary N) is 6. The van der Waals surface area contributed by atoms with Crippen LogP contribution in [0.4, 0.5) is 0 Å². The Morgan fingerprint density at radius 2 is 1.24 bits per heavy atom. The van der Waals surface area contributed by atoms with Gasteiger partial charge in [-0.05, 0) is 110 Å². The number of amides is 7. The number of nitrogens with two attached hydrogens (primary N) is 3. The van der Waals surface area contributed by atoms with Crippen LogP contribution in [-0.2, 0) is 64.0 Å². The summed E-state index contributed by atoms with van der Waals surface area (Å²) in [5.74, 6) is -5.41. The van der Waals surface area contributed by atoms with E-state index in [9.17, 15) is 34.2 Å². The maximum absolute atomic E-state index is 15.3. The van der Waals surface area contributed by atoms with E-state index in [1.54, 1.807) is 48.8 Å². The molecule has 0 radical (unpaired) electrons. The molecule has 4 aromatic carbocycles. The number of rotatable bonds is 31. The van der Waals surface area contributed by atoms with Gasteiger partial charge in [0.1, 0.15) is 42.0 Å². The number of carbonyl (C=O) groups excluding carboxylic acids is 8. The summed E-state index contributed by atoms with van der Waals surface area (Å²) < 4.78 is 0. The minimum atomic E-state index is -1.65. The van der Waals surface area contributed by atoms with Crippen LogP contribution in [0.5, 0.6) is 5.75 Å². The molecule has 470 valence electrons. The molecule has 7 rings (SSSR count). The number of aliphatic imine (C=N–C) groups is 1. The SMILES string of the molecule is CC(C)C[C@H](NC(=O)[C@@H](Cc1c[nH]c2ccccc12)NC(=O)[C@H](Cc1ccc(O)cc1)N(C)C(=O)[C@H](CO)NC(=O)[C@@H](Cc1c[nH]c2ccccc12)NC(=O)CCc1ccc(Cl)cc1)C(=O)N(C)[C@@H](CCCN=C(N)N)C(=O)N1CCC[C@H]1C(=O)CCN. The van der Waals surface area contributed by atoms with Crippen molar-refractivity contribution in [2.75, 3.05) is 40.3 Å². The highest BCUT2D eigenvalue weighted by molar-refractivity contribution is 6.30. The van der Waals surface area contributed by atoms with E-state index in [4.69, 9.17) is 28.8 Å². The first-order chi connectivity index (χ1) is 42.1. The van der Waals surface area contributed by atoms with Gasteiger partial charge in [-0.2, -0.15) is 0 Å². The van der Waals surface area contributed by atoms with Gasteiger partial charge < -0.3 is 73.3 Å². The van der Waals surface area contributed by atoms with Crippen molar-refractivity contribution in [2.45, 2.75) is 127 Å². The van der Waals surface area contributed by atoms with Crippen LogP contribution in [-0.4, -0.2) is 171 Å². The van der Waals surface area contributed by atoms with E-state index >= 15 is 14.4 Å². The largest absolute Gasteiger partial charge is 0.508 e. The van der Waals surface area contributed by atoms with Crippen molar-refractivity contribution < 1.29 is 48.6 Å². The average molecular weight is 1230 g/mol. The molecule has 1 aliphatic heterocycles. The van der Waals surface area contributed by atoms with Crippen LogP contribution in [0, 0.1) is 5.92 Å². The Morgan fingerprint density at radius 1 is 0.693 bits per heavy atom. The lowest BCUT2D eigenvalue weighted by Gasteiger charge is -2.35. The number of benzene rings is 4. The fourth-order valence-corrected chi connectivity index (χ4v) is 11.4. The summed E-state index contributed by atoms with van der Waals surface area (Å²) >= 11 is 6.08. The zero-order valence-electron chi connectivity index (χ0n) is 50.2. The Bertz CT molecular complexity index is 3420. The van der Waals surface area contributed by atoms with Crippen LogP contribution >= 0.6 is 11.6 Å². The molecule has 1 saturated heterocycles. The number of para-hydroxylation sites is 2. The van der Waals surface area contributed by atoms with Crippen molar-refractivity contribution >= 4 is 86.5 Å². The van der Waals surface area contributed by atoms with Gasteiger partial charge >= 0.3 is 0 Å². The van der Waals surface area contributed by atoms with Gasteiger partial charge in [0.15, 0.2) is 11.7 Å². The number of phenolic OH excluding ortho intramolecular Hbond substituents is 1. The summed E-state index contributed by atoms with van der Waals surface area (Å²) in [6, 6.07) is 18.9. The van der Waals surface area contributed by atoms with Crippen molar-refractivity contribution in [3.63, 3.8) is 0 Å². The Kier molecular flexibility index (Phi) is 24.1. The predicted octanol–water partition coefficient (Wildman–Crippen LogP) is 3.26. The van der Waals surface area contributed by atoms with Gasteiger partial charge in [0.25, 0.3) is 0 Å². The minimum Gasteiger partial charge on any atom is -0.508 e. The number of likely N-dealkylation sites (tertiary alicyclic amines) is 1. The molecule has 6 aromatic rings. The lowest BCUT2D eigenvalue weighted by molar-refractivity contribution is -0.149. The van der Waals surface area contributed by atoms with Gasteiger partial charge in [-0.1, -0.05) is 86.1 Å². The molecular formula is C64H82ClN13O10. The fourth-order valence-electron chi connectivity index (χ4n) is 11.2. The number of ketones is 1. The molecule has 88 heavy (non-hydrogen) atoms. The van der Waals surface area contributed by atoms with Gasteiger partial charge in [-0.25, -0.2) is 0 Å². The Balaban J connectivity index is 1.17. The fraction of sp³-hybridized carbons (Fsp3) is 0.422. The number of Topliss-reactive ketones (excluding diaryl/α,β-unsaturated/α-hetero) is 1. The van der Waals surface area contributed by atoms with Gasteiger partial charge in [0, 0.05) is 98.5 Å². The Hall–Kier alpha value is -8.80. The molecule has 1 aliphatic rings. The number of aryl methyl sites for hydroxylation is 1. The molecule has 0 bridgehead atoms. The van der Waals surface area contributed by atoms with E-state index in [-0.39, 0.29) is 94.4 Å². The van der Waals surface area contributed by atoms with Gasteiger partial charge in [-0.3, -0.25) is 43.3 Å². The number of nitrogens with zero attached hydrogens (tertiary/aromatic N) is 4. The van der Waals surface area contributed by atoms with E-state index in [0.717, 1.165) is 32.3 Å². The molecular weight excluding hydrogens is 1150 g/mol. The summed E-state index contributed by atoms with van der Waals surface area (Å²) in [4.78, 5) is 131. The highest BCUT2D eigenvalue weighted by Gasteiger charge is 2.42. The third-order valence-corrected chi connectivity index (χ3v) is 16.2. The minimum absolute atomic E-state index is 0.00725. The van der Waals surface area contributed by atoms with E-state index in [2.05, 4.69) is 36.2 Å². The number of aromatic amines is 2. The molecule has 23 nitrogen and oxygen atoms in total. The second-order valence-electron chi connectivity index (χ2n) is 22.8. The maximum atomic E-state index is 15.3. The topological polar surface area (TPSA) is 357 Å². The maximum Gasteiger partial charge on any atom is 0.247 e. The number of carbonyl (C=O) groups is 8. The monoisotopic (exact) mass is 1230 g/mol. The van der Waals surface area contributed by atoms with E-state index in [1.807, 2.05) is 62.4 Å². The average Bonchev–Trinajstić information content (AvgIpc) is 2.92. The number of phenols is 1. The normalized spacial score (nSPS) is 15.1. The molecule has 24 heteroatoms. The number of H-pyrrole nitrogens is 2. The quantitative estimate of drug-likeness (QED) is 0.0169. The summed E-state index contributed by atoms with van der Waals surface area (Å²) in [7, 11) is 2.79. The number of halogens is 1. The number of hydrogen-bond donors (Lipinski definition) is 11. The predicted molar refractivity (Wildman–Crippen MR) is 336 cm³/mol. The van der Waals surface area contributed by atoms with E-state index < -0.39 is 90.3 Å². The number of fused-ring (bicyclic) bond motifs is 2. The van der Waals surface area contributed by atoms with E-state index in [0.29, 0.717) is 41.0 Å². The number of aromatic nitrogens is 2. The van der Waals surface area contributed by atoms with Crippen molar-refractivity contribution in [1.29, 1.82) is 0 Å². The number of hydrogen-bond acceptors (Lipinski definition) is 12. The number of likely N-dealkylation sites (N-methyl/N-ethyl adjacent to an activating group) is 2. The summed E-state index contributed by atoms with van der Waals surface area (Å²) in [6.45, 7) is 3.35. The number of aliphatic hydroxyl groups excluding tert-OH is 1. The van der Waals surface area contributed by atoms with Crippen molar-refractivity contribution in [3.8, 4) is 5.75 Å². The first kappa shape index (κ1) is 66.7. The summed E-state index contributed by atoms with van der Waals surface area (Å²) in [5, 5.41) is 34.5. The summed E-state index contributed by atoms with van der Waals surface area (Å²) in [5.41, 5.74) is 21.1. The van der Waals surface area contributed by atoms with E-state index in [1.165, 1.54) is 36.0 Å². The lowest BCUT2D eigenvalue weighted by Crippen LogP contribution is -2.61. The third-order valence-electron chi connectivity index (χ3n) is 16.0. The molecule has 0 spiro atoms. The Morgan fingerprint density at radius 3 is 1.82 bits per heavy atom. The molecule has 1 fully saturated rings. The van der Waals surface area contributed by atoms with Crippen molar-refractivity contribution in [2.24, 2.45) is 28.1 Å². The first-order valence-electron chi connectivity index (χ1n) is 29.7. The molecule has 0 aliphatic carbocycles. The molecule has 2 aromatic heterocycles. The van der Waals surface area contributed by atoms with Gasteiger partial charge in [0.05, 0.1) is 12.6 Å². The number of aromatic hydroxyl groups is 1. The van der Waals surface area contributed by atoms with Crippen LogP contribution in [0.25, 0.3) is 21.8 Å². The van der Waals surface area contributed by atoms with Crippen LogP contribution < -0.4 is 38.5 Å². The van der Waals surface area contributed by atoms with Crippen LogP contribution in [0.1, 0.15) is 81.0 Å². The molecule has 0 unspecified atom stereocenters. The zero-order valence-corrected chi connectivity index (χ0v) is 50.9. The van der Waals surface area contributed by atoms with Gasteiger partial charge in [-0.15, -0.1) is 0 Å². The number of guanidine groups is 1. The summed E-state index contributed by atoms with van der Waals surface area (Å²) in [6.07, 6.45) is 5.04. The highest BCUT2D eigenvalue weighted by Crippen LogP contribution is 2.26. The number of aliphatic hydroxyl groups is 1. The van der Waals surface area contributed by atoms with Crippen LogP contribution in [0.2, 0.25) is 5.02 Å². The standard InChI is InChI=1S/C64H82ClN13O10/c1-38(2)31-51(61(86)76(3)54(15-9-29-69-64(67)68)63(88)78-30-10-16-53(78)56(81)27-28-66)74-59(84)50(34-42-36-71-48-14-8-6-12-46(42)48)73-60(85)55(32-40-19-24-44(80)25-20-40)77(4)62(87)52(37-79)75-58(83)49(33-41-35-70-47-13-7-5-11-45(41)47)72-57(82)26-21-39-17-22-43(65)23-18-39/h5-8,11-14,17-20,22-25,35-36,38,49-55,70-71,79-80H,9-10,15-16,21,26-34,37,66H2,1-4H3,(H,72,82)(H,73,85)(H,74,84)(H,75,83)(H4,67,68,69)/t49-,50-,51+,52+,53+,54+,55+/m1/s1. The highest BCUT2D eigenvalue weighted by atomic mass is 35.5. The lowest BCUT2D eigenvalue weighted by atomic mass is 9.98. The Labute approximate surface area is 516 Å². The molecule has 7 atom stereocenters. The van der Waals surface area contributed by atoms with Crippen molar-refractivity contribution in [1.82, 2.24) is 45.9 Å². The second kappa shape index (κ2) is 31.7. The smallest absolute Gasteiger partial charge is 0.247 e. The molecule has 3 heterocycles. The molecule has 0 saturated carbocycles. The van der Waals surface area contributed by atoms with Crippen LogP contribution in [0.15, 0.2) is 114 Å². The second-order valence-corrected chi connectivity index (χ2v) is 23.2. The zero-order chi connectivity index (χ0) is 63.6.